The van der Waals surface area contributed by atoms with E-state index in [2.05, 4.69) is 16.0 Å². The van der Waals surface area contributed by atoms with E-state index in [1.54, 1.807) is 0 Å². The average Bonchev–Trinajstić information content (AvgIpc) is 2.68. The Morgan fingerprint density at radius 1 is 1.53 bits per heavy atom. The molecule has 0 bridgehead atoms. The number of hydrogen-bond acceptors (Lipinski definition) is 5. The lowest BCUT2D eigenvalue weighted by Crippen LogP contribution is -2.18. The number of oxazole rings is 1. The van der Waals surface area contributed by atoms with Crippen molar-refractivity contribution >= 4 is 17.1 Å². The van der Waals surface area contributed by atoms with Crippen LogP contribution < -0.4 is 5.73 Å². The maximum Gasteiger partial charge on any atom is 0.292 e. The minimum Gasteiger partial charge on any atom is -0.423 e. The number of aromatic nitrogens is 1. The summed E-state index contributed by atoms with van der Waals surface area (Å²) in [6, 6.07) is 8.09. The minimum absolute atomic E-state index is 0.187. The van der Waals surface area contributed by atoms with Crippen molar-refractivity contribution in [3.63, 3.8) is 0 Å². The molecule has 0 aliphatic rings. The molecule has 0 saturated carbocycles. The quantitative estimate of drug-likeness (QED) is 0.865. The number of para-hydroxylation sites is 1. The normalized spacial score (nSPS) is 10.9. The first kappa shape index (κ1) is 11.4. The highest BCUT2D eigenvalue weighted by molar-refractivity contribution is 5.77. The van der Waals surface area contributed by atoms with E-state index in [1.165, 1.54) is 0 Å². The molecule has 1 aromatic carbocycles. The van der Waals surface area contributed by atoms with Crippen molar-refractivity contribution in [3.8, 4) is 6.07 Å². The third-order valence-corrected chi connectivity index (χ3v) is 2.56. The zero-order chi connectivity index (χ0) is 12.3. The molecule has 0 unspecified atom stereocenters. The highest BCUT2D eigenvalue weighted by atomic mass is 16.4. The van der Waals surface area contributed by atoms with Gasteiger partial charge in [-0.2, -0.15) is 10.2 Å². The van der Waals surface area contributed by atoms with E-state index < -0.39 is 0 Å². The van der Waals surface area contributed by atoms with Gasteiger partial charge in [-0.1, -0.05) is 12.1 Å². The second kappa shape index (κ2) is 4.85. The van der Waals surface area contributed by atoms with Gasteiger partial charge < -0.3 is 15.1 Å². The molecule has 1 heterocycles. The van der Waals surface area contributed by atoms with Gasteiger partial charge in [-0.25, -0.2) is 0 Å². The van der Waals surface area contributed by atoms with Crippen molar-refractivity contribution in [2.24, 2.45) is 0 Å². The van der Waals surface area contributed by atoms with Crippen LogP contribution in [-0.2, 0) is 6.54 Å². The van der Waals surface area contributed by atoms with Crippen molar-refractivity contribution in [1.29, 1.82) is 5.26 Å². The highest BCUT2D eigenvalue weighted by Crippen LogP contribution is 2.21. The number of nitrogen functional groups attached to an aromatic ring is 1. The molecule has 0 aliphatic carbocycles. The molecule has 2 N–H and O–H groups in total. The molecule has 2 aromatic rings. The molecule has 17 heavy (non-hydrogen) atoms. The van der Waals surface area contributed by atoms with Crippen molar-refractivity contribution in [1.82, 2.24) is 9.88 Å². The number of rotatable bonds is 4. The SMILES string of the molecule is CN(CCC#N)Cc1cccc2nc(N)oc12. The highest BCUT2D eigenvalue weighted by Gasteiger charge is 2.09. The van der Waals surface area contributed by atoms with Crippen LogP contribution in [0.25, 0.3) is 11.1 Å². The zero-order valence-corrected chi connectivity index (χ0v) is 9.68. The van der Waals surface area contributed by atoms with Crippen LogP contribution in [-0.4, -0.2) is 23.5 Å². The van der Waals surface area contributed by atoms with Crippen molar-refractivity contribution in [2.75, 3.05) is 19.3 Å². The number of nitriles is 1. The Labute approximate surface area is 99.4 Å². The number of hydrogen-bond donors (Lipinski definition) is 1. The predicted octanol–water partition coefficient (Wildman–Crippen LogP) is 1.76. The van der Waals surface area contributed by atoms with Gasteiger partial charge in [0.15, 0.2) is 5.58 Å². The maximum atomic E-state index is 8.53. The molecular formula is C12H14N4O. The number of fused-ring (bicyclic) bond motifs is 1. The molecule has 88 valence electrons. The molecule has 0 atom stereocenters. The Morgan fingerprint density at radius 2 is 2.35 bits per heavy atom. The van der Waals surface area contributed by atoms with Crippen molar-refractivity contribution in [2.45, 2.75) is 13.0 Å². The van der Waals surface area contributed by atoms with E-state index in [-0.39, 0.29) is 6.01 Å². The fraction of sp³-hybridized carbons (Fsp3) is 0.333. The molecule has 0 spiro atoms. The summed E-state index contributed by atoms with van der Waals surface area (Å²) in [5, 5.41) is 8.53. The van der Waals surface area contributed by atoms with Gasteiger partial charge in [-0.05, 0) is 13.1 Å². The van der Waals surface area contributed by atoms with Crippen LogP contribution in [0.1, 0.15) is 12.0 Å². The first-order valence-corrected chi connectivity index (χ1v) is 5.40. The number of anilines is 1. The molecule has 1 aromatic heterocycles. The maximum absolute atomic E-state index is 8.53. The topological polar surface area (TPSA) is 79.1 Å². The molecule has 5 nitrogen and oxygen atoms in total. The third kappa shape index (κ3) is 2.55. The Kier molecular flexibility index (Phi) is 3.26. The molecule has 0 aliphatic heterocycles. The predicted molar refractivity (Wildman–Crippen MR) is 65.0 cm³/mol. The van der Waals surface area contributed by atoms with E-state index >= 15 is 0 Å². The van der Waals surface area contributed by atoms with Crippen LogP contribution in [0.4, 0.5) is 6.01 Å². The summed E-state index contributed by atoms with van der Waals surface area (Å²) in [5.41, 5.74) is 8.07. The molecule has 0 radical (unpaired) electrons. The molecule has 5 heteroatoms. The second-order valence-electron chi connectivity index (χ2n) is 3.96. The summed E-state index contributed by atoms with van der Waals surface area (Å²) in [6.45, 7) is 1.45. The zero-order valence-electron chi connectivity index (χ0n) is 9.68. The van der Waals surface area contributed by atoms with Gasteiger partial charge in [0.2, 0.25) is 0 Å². The Morgan fingerprint density at radius 3 is 3.12 bits per heavy atom. The first-order valence-electron chi connectivity index (χ1n) is 5.40. The summed E-state index contributed by atoms with van der Waals surface area (Å²) in [7, 11) is 1.97. The van der Waals surface area contributed by atoms with E-state index in [1.807, 2.05) is 25.2 Å². The fourth-order valence-electron chi connectivity index (χ4n) is 1.76. The van der Waals surface area contributed by atoms with Gasteiger partial charge in [0.05, 0.1) is 6.07 Å². The van der Waals surface area contributed by atoms with Crippen molar-refractivity contribution in [3.05, 3.63) is 23.8 Å². The summed E-state index contributed by atoms with van der Waals surface area (Å²) in [6.07, 6.45) is 0.519. The van der Waals surface area contributed by atoms with Gasteiger partial charge in [0, 0.05) is 25.1 Å². The number of nitrogens with two attached hydrogens (primary N) is 1. The minimum atomic E-state index is 0.187. The van der Waals surface area contributed by atoms with Gasteiger partial charge in [-0.15, -0.1) is 0 Å². The van der Waals surface area contributed by atoms with Crippen LogP contribution in [0.15, 0.2) is 22.6 Å². The largest absolute Gasteiger partial charge is 0.423 e. The molecule has 0 fully saturated rings. The van der Waals surface area contributed by atoms with Crippen LogP contribution in [0, 0.1) is 11.3 Å². The van der Waals surface area contributed by atoms with Gasteiger partial charge in [0.25, 0.3) is 6.01 Å². The van der Waals surface area contributed by atoms with Crippen LogP contribution >= 0.6 is 0 Å². The Bertz CT molecular complexity index is 555. The Hall–Kier alpha value is -2.06. The van der Waals surface area contributed by atoms with E-state index in [0.717, 1.165) is 23.2 Å². The molecule has 0 saturated heterocycles. The van der Waals surface area contributed by atoms with E-state index in [9.17, 15) is 0 Å². The van der Waals surface area contributed by atoms with Crippen LogP contribution in [0.3, 0.4) is 0 Å². The smallest absolute Gasteiger partial charge is 0.292 e. The lowest BCUT2D eigenvalue weighted by molar-refractivity contribution is 0.334. The fourth-order valence-corrected chi connectivity index (χ4v) is 1.76. The molecular weight excluding hydrogens is 216 g/mol. The first-order chi connectivity index (χ1) is 8.20. The molecule has 2 rings (SSSR count). The lowest BCUT2D eigenvalue weighted by Gasteiger charge is -2.14. The number of benzene rings is 1. The number of nitrogens with zero attached hydrogens (tertiary/aromatic N) is 3. The standard InChI is InChI=1S/C12H14N4O/c1-16(7-3-6-13)8-9-4-2-5-10-11(9)17-12(14)15-10/h2,4-5H,3,7-8H2,1H3,(H2,14,15). The average molecular weight is 230 g/mol. The Balaban J connectivity index is 2.21. The second-order valence-corrected chi connectivity index (χ2v) is 3.96. The third-order valence-electron chi connectivity index (χ3n) is 2.56. The van der Waals surface area contributed by atoms with Gasteiger partial charge in [0.1, 0.15) is 5.52 Å². The van der Waals surface area contributed by atoms with E-state index in [4.69, 9.17) is 15.4 Å². The summed E-state index contributed by atoms with van der Waals surface area (Å²) >= 11 is 0. The van der Waals surface area contributed by atoms with Crippen molar-refractivity contribution < 1.29 is 4.42 Å². The van der Waals surface area contributed by atoms with E-state index in [0.29, 0.717) is 13.0 Å². The summed E-state index contributed by atoms with van der Waals surface area (Å²) in [4.78, 5) is 6.15. The molecule has 0 amide bonds. The van der Waals surface area contributed by atoms with Gasteiger partial charge >= 0.3 is 0 Å². The summed E-state index contributed by atoms with van der Waals surface area (Å²) < 4.78 is 5.38. The lowest BCUT2D eigenvalue weighted by atomic mass is 10.2. The van der Waals surface area contributed by atoms with Gasteiger partial charge in [-0.3, -0.25) is 0 Å². The van der Waals surface area contributed by atoms with Crippen LogP contribution in [0.2, 0.25) is 0 Å². The monoisotopic (exact) mass is 230 g/mol. The van der Waals surface area contributed by atoms with Crippen LogP contribution in [0.5, 0.6) is 0 Å². The summed E-state index contributed by atoms with van der Waals surface area (Å²) in [5.74, 6) is 0.